The Morgan fingerprint density at radius 3 is 2.50 bits per heavy atom. The van der Waals surface area contributed by atoms with Crippen LogP contribution >= 0.6 is 0 Å². The van der Waals surface area contributed by atoms with Gasteiger partial charge in [-0.2, -0.15) is 0 Å². The summed E-state index contributed by atoms with van der Waals surface area (Å²) in [7, 11) is -0.385. The van der Waals surface area contributed by atoms with E-state index in [2.05, 4.69) is 18.4 Å². The highest BCUT2D eigenvalue weighted by Crippen LogP contribution is 1.94. The first-order valence-electron chi connectivity index (χ1n) is 3.87. The molecule has 1 N–H and O–H groups in total. The second-order valence-electron chi connectivity index (χ2n) is 3.02. The predicted molar refractivity (Wildman–Crippen MR) is 47.0 cm³/mol. The van der Waals surface area contributed by atoms with Crippen molar-refractivity contribution in [2.45, 2.75) is 32.5 Å². The van der Waals surface area contributed by atoms with Crippen LogP contribution in [0.25, 0.3) is 0 Å². The first kappa shape index (κ1) is 9.69. The molecule has 0 aromatic rings. The third-order valence-corrected chi connectivity index (χ3v) is 2.90. The molecule has 3 heteroatoms. The molecule has 1 amide bonds. The van der Waals surface area contributed by atoms with Crippen LogP contribution in [0, 0.1) is 0 Å². The molecule has 0 radical (unpaired) electrons. The van der Waals surface area contributed by atoms with Crippen molar-refractivity contribution < 1.29 is 4.79 Å². The zero-order valence-corrected chi connectivity index (χ0v) is 8.26. The predicted octanol–water partition coefficient (Wildman–Crippen LogP) is 0.999. The van der Waals surface area contributed by atoms with Crippen molar-refractivity contribution in [3.05, 3.63) is 0 Å². The highest BCUT2D eigenvalue weighted by Gasteiger charge is 1.95. The molecule has 0 spiro atoms. The first-order chi connectivity index (χ1) is 4.63. The van der Waals surface area contributed by atoms with Crippen LogP contribution in [0.1, 0.15) is 13.3 Å². The zero-order chi connectivity index (χ0) is 7.98. The lowest BCUT2D eigenvalue weighted by atomic mass is 10.5. The van der Waals surface area contributed by atoms with Crippen LogP contribution in [-0.4, -0.2) is 21.2 Å². The average Bonchev–Trinajstić information content (AvgIpc) is 1.79. The summed E-state index contributed by atoms with van der Waals surface area (Å²) in [6.45, 7) is 7.08. The maximum atomic E-state index is 10.4. The summed E-state index contributed by atoms with van der Waals surface area (Å²) in [6.07, 6.45) is 1.16. The van der Waals surface area contributed by atoms with Crippen molar-refractivity contribution >= 4 is 14.7 Å². The third kappa shape index (κ3) is 7.69. The van der Waals surface area contributed by atoms with Crippen molar-refractivity contribution in [2.75, 3.05) is 6.54 Å². The lowest BCUT2D eigenvalue weighted by molar-refractivity contribution is -0.118. The van der Waals surface area contributed by atoms with Gasteiger partial charge in [-0.1, -0.05) is 19.1 Å². The molecule has 0 fully saturated rings. The smallest absolute Gasteiger partial charge is 0.216 e. The van der Waals surface area contributed by atoms with E-state index >= 15 is 0 Å². The Balaban J connectivity index is 2.98. The van der Waals surface area contributed by atoms with E-state index in [1.54, 1.807) is 6.92 Å². The first-order valence-corrected chi connectivity index (χ1v) is 7.00. The van der Waals surface area contributed by atoms with E-state index in [9.17, 15) is 4.79 Å². The molecule has 0 heterocycles. The van der Waals surface area contributed by atoms with E-state index in [1.807, 2.05) is 0 Å². The minimum absolute atomic E-state index is 0.0884. The maximum Gasteiger partial charge on any atom is 0.216 e. The van der Waals surface area contributed by atoms with Crippen LogP contribution in [0.4, 0.5) is 0 Å². The van der Waals surface area contributed by atoms with E-state index in [0.717, 1.165) is 13.0 Å². The van der Waals surface area contributed by atoms with Gasteiger partial charge in [0.15, 0.2) is 0 Å². The number of rotatable bonds is 4. The molecule has 0 bridgehead atoms. The summed E-state index contributed by atoms with van der Waals surface area (Å²) in [5.74, 6) is 0.0884. The number of hydrogen-bond donors (Lipinski definition) is 1. The van der Waals surface area contributed by atoms with Crippen molar-refractivity contribution in [2.24, 2.45) is 0 Å². The third-order valence-electron chi connectivity index (χ3n) is 1.33. The van der Waals surface area contributed by atoms with E-state index in [0.29, 0.717) is 0 Å². The van der Waals surface area contributed by atoms with Crippen LogP contribution in [0.2, 0.25) is 19.1 Å². The number of nitrogens with one attached hydrogen (secondary N) is 1. The van der Waals surface area contributed by atoms with Gasteiger partial charge < -0.3 is 5.32 Å². The van der Waals surface area contributed by atoms with Gasteiger partial charge in [0.2, 0.25) is 5.91 Å². The second kappa shape index (κ2) is 5.47. The number of carbonyl (C=O) groups excluding carboxylic acids is 1. The van der Waals surface area contributed by atoms with E-state index in [-0.39, 0.29) is 14.7 Å². The molecular formula is C7H17NOSi. The summed E-state index contributed by atoms with van der Waals surface area (Å²) in [5, 5.41) is 2.78. The molecule has 2 nitrogen and oxygen atoms in total. The molecule has 0 saturated carbocycles. The second-order valence-corrected chi connectivity index (χ2v) is 6.38. The van der Waals surface area contributed by atoms with Gasteiger partial charge in [0.05, 0.1) is 0 Å². The van der Waals surface area contributed by atoms with Crippen LogP contribution < -0.4 is 5.32 Å². The fourth-order valence-corrected chi connectivity index (χ4v) is 1.80. The molecule has 60 valence electrons. The standard InChI is InChI=1S/C7H17NOSi/c1-7(9)8-5-4-6-10(2)3/h10H,4-6H2,1-3H3,(H,8,9). The Kier molecular flexibility index (Phi) is 5.30. The molecule has 0 aliphatic rings. The molecule has 0 unspecified atom stereocenters. The Bertz CT molecular complexity index is 104. The number of carbonyl (C=O) groups is 1. The molecule has 10 heavy (non-hydrogen) atoms. The van der Waals surface area contributed by atoms with Gasteiger partial charge in [-0.3, -0.25) is 4.79 Å². The summed E-state index contributed by atoms with van der Waals surface area (Å²) in [6, 6.07) is 1.33. The molecule has 0 atom stereocenters. The van der Waals surface area contributed by atoms with Gasteiger partial charge in [-0.15, -0.1) is 0 Å². The SMILES string of the molecule is CC(=O)NCCC[SiH](C)C. The fraction of sp³-hybridized carbons (Fsp3) is 0.857. The van der Waals surface area contributed by atoms with E-state index in [1.165, 1.54) is 6.04 Å². The highest BCUT2D eigenvalue weighted by atomic mass is 28.3. The summed E-state index contributed by atoms with van der Waals surface area (Å²) >= 11 is 0. The van der Waals surface area contributed by atoms with Gasteiger partial charge in [0.1, 0.15) is 0 Å². The molecule has 0 aliphatic carbocycles. The number of amides is 1. The molecule has 0 aromatic carbocycles. The molecule has 0 saturated heterocycles. The maximum absolute atomic E-state index is 10.4. The van der Waals surface area contributed by atoms with Crippen LogP contribution in [0.3, 0.4) is 0 Å². The van der Waals surface area contributed by atoms with Crippen LogP contribution in [0.5, 0.6) is 0 Å². The lowest BCUT2D eigenvalue weighted by Gasteiger charge is -2.02. The Morgan fingerprint density at radius 2 is 2.10 bits per heavy atom. The molecule has 0 aliphatic heterocycles. The Labute approximate surface area is 64.6 Å². The Hall–Kier alpha value is -0.313. The average molecular weight is 159 g/mol. The monoisotopic (exact) mass is 159 g/mol. The highest BCUT2D eigenvalue weighted by molar-refractivity contribution is 6.55. The quantitative estimate of drug-likeness (QED) is 0.481. The minimum atomic E-state index is -0.385. The topological polar surface area (TPSA) is 29.1 Å². The van der Waals surface area contributed by atoms with Gasteiger partial charge in [-0.05, 0) is 6.42 Å². The summed E-state index contributed by atoms with van der Waals surface area (Å²) in [4.78, 5) is 10.4. The van der Waals surface area contributed by atoms with E-state index < -0.39 is 0 Å². The zero-order valence-electron chi connectivity index (χ0n) is 7.11. The normalized spacial score (nSPS) is 10.0. The van der Waals surface area contributed by atoms with Gasteiger partial charge in [-0.25, -0.2) is 0 Å². The molecular weight excluding hydrogens is 142 g/mol. The van der Waals surface area contributed by atoms with Crippen molar-refractivity contribution in [1.29, 1.82) is 0 Å². The fourth-order valence-electron chi connectivity index (χ4n) is 0.775. The number of hydrogen-bond acceptors (Lipinski definition) is 1. The van der Waals surface area contributed by atoms with E-state index in [4.69, 9.17) is 0 Å². The minimum Gasteiger partial charge on any atom is -0.356 e. The lowest BCUT2D eigenvalue weighted by Crippen LogP contribution is -2.21. The Morgan fingerprint density at radius 1 is 1.50 bits per heavy atom. The van der Waals surface area contributed by atoms with Crippen LogP contribution in [0.15, 0.2) is 0 Å². The summed E-state index contributed by atoms with van der Waals surface area (Å²) in [5.41, 5.74) is 0. The van der Waals surface area contributed by atoms with Gasteiger partial charge in [0, 0.05) is 22.3 Å². The van der Waals surface area contributed by atoms with Gasteiger partial charge in [0.25, 0.3) is 0 Å². The van der Waals surface area contributed by atoms with Crippen molar-refractivity contribution in [3.63, 3.8) is 0 Å². The van der Waals surface area contributed by atoms with Crippen molar-refractivity contribution in [3.8, 4) is 0 Å². The van der Waals surface area contributed by atoms with Gasteiger partial charge >= 0.3 is 0 Å². The van der Waals surface area contributed by atoms with Crippen LogP contribution in [-0.2, 0) is 4.79 Å². The van der Waals surface area contributed by atoms with Crippen molar-refractivity contribution in [1.82, 2.24) is 5.32 Å². The summed E-state index contributed by atoms with van der Waals surface area (Å²) < 4.78 is 0. The molecule has 0 rings (SSSR count). The molecule has 0 aromatic heterocycles. The largest absolute Gasteiger partial charge is 0.356 e.